The summed E-state index contributed by atoms with van der Waals surface area (Å²) in [7, 11) is 0. The first-order chi connectivity index (χ1) is 21.7. The zero-order valence-electron chi connectivity index (χ0n) is 25.1. The third-order valence-electron chi connectivity index (χ3n) is 9.49. The van der Waals surface area contributed by atoms with Crippen LogP contribution in [-0.4, -0.2) is 81.2 Å². The third kappa shape index (κ3) is 5.48. The second kappa shape index (κ2) is 11.8. The molecule has 8 nitrogen and oxygen atoms in total. The third-order valence-corrected chi connectivity index (χ3v) is 9.81. The number of carbonyl (C=O) groups is 1. The highest BCUT2D eigenvalue weighted by Crippen LogP contribution is 2.41. The van der Waals surface area contributed by atoms with E-state index in [0.29, 0.717) is 53.2 Å². The number of nitrogens with one attached hydrogen (secondary N) is 1. The monoisotopic (exact) mass is 632 g/mol. The zero-order chi connectivity index (χ0) is 31.3. The summed E-state index contributed by atoms with van der Waals surface area (Å²) in [6, 6.07) is 10.9. The van der Waals surface area contributed by atoms with Crippen molar-refractivity contribution in [1.82, 2.24) is 24.8 Å². The van der Waals surface area contributed by atoms with E-state index >= 15 is 4.39 Å². The lowest BCUT2D eigenvalue weighted by atomic mass is 9.95. The topological polar surface area (TPSA) is 83.5 Å². The van der Waals surface area contributed by atoms with Crippen LogP contribution in [0.15, 0.2) is 55.3 Å². The number of pyridine rings is 1. The summed E-state index contributed by atoms with van der Waals surface area (Å²) >= 11 is 6.58. The van der Waals surface area contributed by atoms with Crippen molar-refractivity contribution >= 4 is 45.0 Å². The molecule has 0 spiro atoms. The van der Waals surface area contributed by atoms with Crippen LogP contribution < -0.4 is 10.1 Å². The molecule has 3 saturated heterocycles. The Morgan fingerprint density at radius 3 is 2.87 bits per heavy atom. The molecule has 0 bridgehead atoms. The molecule has 3 aliphatic heterocycles. The number of halogens is 3. The molecule has 45 heavy (non-hydrogen) atoms. The first-order valence-corrected chi connectivity index (χ1v) is 15.9. The normalized spacial score (nSPS) is 25.1. The van der Waals surface area contributed by atoms with Gasteiger partial charge in [-0.2, -0.15) is 9.97 Å². The van der Waals surface area contributed by atoms with Crippen LogP contribution in [0, 0.1) is 11.7 Å². The SMILES string of the molecule is C=CC(=O)N1C[C@@H](C)C[C@@H](Nc2nc(OC[C@@]34CCCN3C[C@H](F)C4)nc3c(F)c(-c4cccc5cccc(Cl)c45)ncc23)C1. The predicted molar refractivity (Wildman–Crippen MR) is 172 cm³/mol. The van der Waals surface area contributed by atoms with Gasteiger partial charge in [0.15, 0.2) is 5.82 Å². The number of amides is 1. The van der Waals surface area contributed by atoms with Crippen molar-refractivity contribution in [3.05, 3.63) is 66.1 Å². The van der Waals surface area contributed by atoms with Crippen molar-refractivity contribution < 1.29 is 18.3 Å². The standard InChI is InChI=1S/C34H35ClF2N6O2/c1-3-27(44)42-16-20(2)13-23(18-42)39-32-25-15-38-30(24-9-4-7-21-8-5-10-26(35)28(21)24)29(37)31(25)40-33(41-32)45-19-34-11-6-12-43(34)17-22(36)14-34/h3-5,7-10,15,20,22-23H,1,6,11-14,16-19H2,2H3,(H,39,40,41)/t20-,22+,23+,34-/m0/s1. The van der Waals surface area contributed by atoms with Crippen molar-refractivity contribution in [2.75, 3.05) is 38.1 Å². The molecular formula is C34H35ClF2N6O2. The van der Waals surface area contributed by atoms with Crippen LogP contribution in [0.2, 0.25) is 5.02 Å². The summed E-state index contributed by atoms with van der Waals surface area (Å²) in [5.74, 6) is -0.172. The molecule has 4 aromatic rings. The Hall–Kier alpha value is -3.89. The quantitative estimate of drug-likeness (QED) is 0.235. The molecule has 11 heteroatoms. The number of hydrogen-bond donors (Lipinski definition) is 1. The van der Waals surface area contributed by atoms with E-state index in [9.17, 15) is 9.18 Å². The van der Waals surface area contributed by atoms with Crippen LogP contribution in [0.5, 0.6) is 6.01 Å². The number of piperidine rings is 1. The second-order valence-corrected chi connectivity index (χ2v) is 13.1. The van der Waals surface area contributed by atoms with Crippen molar-refractivity contribution in [2.24, 2.45) is 5.92 Å². The highest BCUT2D eigenvalue weighted by molar-refractivity contribution is 6.36. The van der Waals surface area contributed by atoms with Gasteiger partial charge in [0.25, 0.3) is 0 Å². The number of hydrogen-bond acceptors (Lipinski definition) is 7. The summed E-state index contributed by atoms with van der Waals surface area (Å²) in [6.45, 7) is 8.21. The highest BCUT2D eigenvalue weighted by atomic mass is 35.5. The molecule has 0 radical (unpaired) electrons. The van der Waals surface area contributed by atoms with Gasteiger partial charge in [0.2, 0.25) is 5.91 Å². The van der Waals surface area contributed by atoms with Crippen molar-refractivity contribution in [3.8, 4) is 17.3 Å². The van der Waals surface area contributed by atoms with Gasteiger partial charge in [-0.25, -0.2) is 8.78 Å². The number of carbonyl (C=O) groups excluding carboxylic acids is 1. The summed E-state index contributed by atoms with van der Waals surface area (Å²) < 4.78 is 37.3. The zero-order valence-corrected chi connectivity index (χ0v) is 25.9. The Balaban J connectivity index is 1.30. The van der Waals surface area contributed by atoms with Gasteiger partial charge in [0, 0.05) is 54.3 Å². The Kier molecular flexibility index (Phi) is 7.81. The van der Waals surface area contributed by atoms with Crippen LogP contribution in [0.4, 0.5) is 14.6 Å². The van der Waals surface area contributed by atoms with E-state index in [4.69, 9.17) is 21.3 Å². The van der Waals surface area contributed by atoms with Crippen LogP contribution >= 0.6 is 11.6 Å². The van der Waals surface area contributed by atoms with E-state index in [1.165, 1.54) is 6.08 Å². The Labute approximate surface area is 265 Å². The van der Waals surface area contributed by atoms with Crippen LogP contribution in [-0.2, 0) is 4.79 Å². The second-order valence-electron chi connectivity index (χ2n) is 12.7. The molecule has 234 valence electrons. The van der Waals surface area contributed by atoms with Gasteiger partial charge in [-0.3, -0.25) is 14.7 Å². The molecule has 0 saturated carbocycles. The molecular weight excluding hydrogens is 598 g/mol. The summed E-state index contributed by atoms with van der Waals surface area (Å²) in [5, 5.41) is 5.89. The Morgan fingerprint density at radius 1 is 1.22 bits per heavy atom. The average molecular weight is 633 g/mol. The van der Waals surface area contributed by atoms with Crippen molar-refractivity contribution in [2.45, 2.75) is 50.4 Å². The number of likely N-dealkylation sites (tertiary alicyclic amines) is 1. The van der Waals surface area contributed by atoms with Crippen LogP contribution in [0.1, 0.15) is 32.6 Å². The van der Waals surface area contributed by atoms with Gasteiger partial charge in [-0.1, -0.05) is 55.4 Å². The minimum Gasteiger partial charge on any atom is -0.461 e. The molecule has 3 aliphatic rings. The molecule has 3 fully saturated rings. The van der Waals surface area contributed by atoms with Gasteiger partial charge in [0.05, 0.1) is 10.9 Å². The van der Waals surface area contributed by atoms with Gasteiger partial charge in [-0.15, -0.1) is 0 Å². The summed E-state index contributed by atoms with van der Waals surface area (Å²) in [5.41, 5.74) is 0.294. The molecule has 5 heterocycles. The lowest BCUT2D eigenvalue weighted by Gasteiger charge is -2.36. The van der Waals surface area contributed by atoms with E-state index in [1.54, 1.807) is 23.2 Å². The maximum atomic E-state index is 16.6. The fourth-order valence-electron chi connectivity index (χ4n) is 7.50. The molecule has 1 N–H and O–H groups in total. The number of fused-ring (bicyclic) bond motifs is 3. The maximum Gasteiger partial charge on any atom is 0.319 e. The Bertz CT molecular complexity index is 1800. The number of ether oxygens (including phenoxy) is 1. The number of nitrogens with zero attached hydrogens (tertiary/aromatic N) is 5. The predicted octanol–water partition coefficient (Wildman–Crippen LogP) is 6.43. The molecule has 1 amide bonds. The lowest BCUT2D eigenvalue weighted by molar-refractivity contribution is -0.127. The van der Waals surface area contributed by atoms with Crippen molar-refractivity contribution in [3.63, 3.8) is 0 Å². The minimum absolute atomic E-state index is 0.00316. The smallest absolute Gasteiger partial charge is 0.319 e. The molecule has 2 aromatic heterocycles. The number of rotatable bonds is 7. The minimum atomic E-state index is -0.906. The van der Waals surface area contributed by atoms with Crippen LogP contribution in [0.3, 0.4) is 0 Å². The van der Waals surface area contributed by atoms with Gasteiger partial charge in [0.1, 0.15) is 29.8 Å². The Morgan fingerprint density at radius 2 is 2.04 bits per heavy atom. The first-order valence-electron chi connectivity index (χ1n) is 15.5. The molecule has 7 rings (SSSR count). The number of anilines is 1. The van der Waals surface area contributed by atoms with Crippen LogP contribution in [0.25, 0.3) is 32.9 Å². The van der Waals surface area contributed by atoms with E-state index in [0.717, 1.165) is 31.2 Å². The van der Waals surface area contributed by atoms with Gasteiger partial charge < -0.3 is 15.0 Å². The number of aromatic nitrogens is 3. The fourth-order valence-corrected chi connectivity index (χ4v) is 7.78. The largest absolute Gasteiger partial charge is 0.461 e. The number of alkyl halides is 1. The maximum absolute atomic E-state index is 16.6. The molecule has 2 aromatic carbocycles. The highest BCUT2D eigenvalue weighted by Gasteiger charge is 2.49. The fraction of sp³-hybridized carbons (Fsp3) is 0.412. The van der Waals surface area contributed by atoms with E-state index in [-0.39, 0.29) is 41.7 Å². The molecule has 0 aliphatic carbocycles. The van der Waals surface area contributed by atoms with Crippen molar-refractivity contribution in [1.29, 1.82) is 0 Å². The summed E-state index contributed by atoms with van der Waals surface area (Å²) in [6.07, 6.45) is 4.94. The first kappa shape index (κ1) is 29.8. The lowest BCUT2D eigenvalue weighted by Crippen LogP contribution is -2.47. The molecule has 4 atom stereocenters. The van der Waals surface area contributed by atoms with Gasteiger partial charge >= 0.3 is 6.01 Å². The van der Waals surface area contributed by atoms with Gasteiger partial charge in [-0.05, 0) is 49.3 Å². The molecule has 0 unspecified atom stereocenters. The van der Waals surface area contributed by atoms with E-state index in [2.05, 4.69) is 33.7 Å². The summed E-state index contributed by atoms with van der Waals surface area (Å²) in [4.78, 5) is 30.2. The van der Waals surface area contributed by atoms with E-state index in [1.807, 2.05) is 24.3 Å². The number of benzene rings is 2. The average Bonchev–Trinajstić information content (AvgIpc) is 3.55. The van der Waals surface area contributed by atoms with E-state index < -0.39 is 17.5 Å².